The van der Waals surface area contributed by atoms with Crippen LogP contribution in [0.5, 0.6) is 0 Å². The van der Waals surface area contributed by atoms with Crippen molar-refractivity contribution in [2.24, 2.45) is 5.73 Å². The minimum absolute atomic E-state index is 0.00363. The Kier molecular flexibility index (Phi) is 5.61. The molecule has 0 saturated carbocycles. The molecule has 0 aliphatic heterocycles. The van der Waals surface area contributed by atoms with Crippen molar-refractivity contribution >= 4 is 15.9 Å². The second-order valence-corrected chi connectivity index (χ2v) is 6.34. The summed E-state index contributed by atoms with van der Waals surface area (Å²) in [6, 6.07) is 1.97. The molecular weight excluding hydrogens is 280 g/mol. The van der Waals surface area contributed by atoms with Crippen LogP contribution in [-0.2, 0) is 21.4 Å². The Labute approximate surface area is 119 Å². The van der Waals surface area contributed by atoms with Crippen molar-refractivity contribution in [2.75, 3.05) is 0 Å². The topological polar surface area (TPSA) is 114 Å². The van der Waals surface area contributed by atoms with Crippen LogP contribution in [-0.4, -0.2) is 31.4 Å². The Morgan fingerprint density at radius 2 is 2.05 bits per heavy atom. The number of nitrogens with zero attached hydrogens (tertiary/aromatic N) is 1. The summed E-state index contributed by atoms with van der Waals surface area (Å²) in [4.78, 5) is 15.7. The summed E-state index contributed by atoms with van der Waals surface area (Å²) in [7, 11) is -3.84. The number of carbonyl (C=O) groups is 1. The maximum atomic E-state index is 12.2. The first-order valence-corrected chi connectivity index (χ1v) is 7.73. The fourth-order valence-corrected chi connectivity index (χ4v) is 2.98. The maximum Gasteiger partial charge on any atom is 0.243 e. The third-order valence-electron chi connectivity index (χ3n) is 2.49. The summed E-state index contributed by atoms with van der Waals surface area (Å²) < 4.78 is 26.8. The summed E-state index contributed by atoms with van der Waals surface area (Å²) in [5.74, 6) is -0.387. The van der Waals surface area contributed by atoms with E-state index in [1.165, 1.54) is 25.3 Å². The summed E-state index contributed by atoms with van der Waals surface area (Å²) in [5, 5.41) is 2.64. The van der Waals surface area contributed by atoms with Gasteiger partial charge in [0.2, 0.25) is 15.9 Å². The van der Waals surface area contributed by atoms with Gasteiger partial charge in [-0.2, -0.15) is 4.72 Å². The monoisotopic (exact) mass is 300 g/mol. The third kappa shape index (κ3) is 4.26. The van der Waals surface area contributed by atoms with Crippen LogP contribution >= 0.6 is 0 Å². The maximum absolute atomic E-state index is 12.2. The summed E-state index contributed by atoms with van der Waals surface area (Å²) in [6.45, 7) is 5.08. The second kappa shape index (κ2) is 6.78. The van der Waals surface area contributed by atoms with Crippen molar-refractivity contribution in [3.8, 4) is 0 Å². The third-order valence-corrected chi connectivity index (χ3v) is 4.10. The first kappa shape index (κ1) is 16.5. The largest absolute Gasteiger partial charge is 0.353 e. The van der Waals surface area contributed by atoms with Crippen molar-refractivity contribution in [1.82, 2.24) is 15.0 Å². The van der Waals surface area contributed by atoms with Crippen molar-refractivity contribution in [3.63, 3.8) is 0 Å². The van der Waals surface area contributed by atoms with Crippen LogP contribution in [0.1, 0.15) is 26.5 Å². The Bertz CT molecular complexity index is 572. The molecule has 7 nitrogen and oxygen atoms in total. The van der Waals surface area contributed by atoms with Gasteiger partial charge in [-0.05, 0) is 32.9 Å². The van der Waals surface area contributed by atoms with Crippen molar-refractivity contribution in [1.29, 1.82) is 0 Å². The highest BCUT2D eigenvalue weighted by atomic mass is 32.2. The van der Waals surface area contributed by atoms with Crippen LogP contribution in [0.3, 0.4) is 0 Å². The first-order chi connectivity index (χ1) is 9.27. The zero-order valence-corrected chi connectivity index (χ0v) is 12.6. The molecule has 1 unspecified atom stereocenters. The summed E-state index contributed by atoms with van der Waals surface area (Å²) >= 11 is 0. The minimum atomic E-state index is -3.84. The molecule has 0 aliphatic rings. The van der Waals surface area contributed by atoms with Gasteiger partial charge in [-0.3, -0.25) is 9.78 Å². The number of hydrogen-bond donors (Lipinski definition) is 3. The molecule has 0 spiro atoms. The van der Waals surface area contributed by atoms with E-state index in [1.807, 2.05) is 0 Å². The van der Waals surface area contributed by atoms with Crippen LogP contribution < -0.4 is 15.8 Å². The molecule has 0 fully saturated rings. The van der Waals surface area contributed by atoms with E-state index in [4.69, 9.17) is 5.73 Å². The van der Waals surface area contributed by atoms with Gasteiger partial charge in [-0.1, -0.05) is 0 Å². The van der Waals surface area contributed by atoms with E-state index in [2.05, 4.69) is 15.0 Å². The number of rotatable bonds is 6. The fraction of sp³-hybridized carbons (Fsp3) is 0.500. The van der Waals surface area contributed by atoms with E-state index in [1.54, 1.807) is 13.8 Å². The van der Waals surface area contributed by atoms with Gasteiger partial charge in [-0.15, -0.1) is 0 Å². The summed E-state index contributed by atoms with van der Waals surface area (Å²) in [6.07, 6.45) is 1.47. The van der Waals surface area contributed by atoms with E-state index in [0.717, 1.165) is 0 Å². The average molecular weight is 300 g/mol. The van der Waals surface area contributed by atoms with Gasteiger partial charge in [0.15, 0.2) is 0 Å². The minimum Gasteiger partial charge on any atom is -0.353 e. The number of nitrogens with two attached hydrogens (primary N) is 1. The number of pyridine rings is 1. The SMILES string of the molecule is CC(C)NC(=O)C(C)NS(=O)(=O)c1cccnc1CN. The second-order valence-electron chi connectivity index (χ2n) is 4.66. The Morgan fingerprint density at radius 3 is 2.60 bits per heavy atom. The van der Waals surface area contributed by atoms with E-state index in [9.17, 15) is 13.2 Å². The first-order valence-electron chi connectivity index (χ1n) is 6.24. The van der Waals surface area contributed by atoms with Gasteiger partial charge in [0, 0.05) is 18.8 Å². The molecule has 1 heterocycles. The molecule has 1 rings (SSSR count). The van der Waals surface area contributed by atoms with Crippen LogP contribution in [0.15, 0.2) is 23.2 Å². The normalized spacial score (nSPS) is 13.2. The van der Waals surface area contributed by atoms with Gasteiger partial charge in [0.05, 0.1) is 11.7 Å². The molecule has 112 valence electrons. The molecule has 0 radical (unpaired) electrons. The van der Waals surface area contributed by atoms with Crippen molar-refractivity contribution < 1.29 is 13.2 Å². The van der Waals surface area contributed by atoms with Crippen molar-refractivity contribution in [3.05, 3.63) is 24.0 Å². The predicted octanol–water partition coefficient (Wildman–Crippen LogP) is -0.268. The molecule has 0 saturated heterocycles. The quantitative estimate of drug-likeness (QED) is 0.669. The highest BCUT2D eigenvalue weighted by Crippen LogP contribution is 2.12. The lowest BCUT2D eigenvalue weighted by molar-refractivity contribution is -0.122. The predicted molar refractivity (Wildman–Crippen MR) is 75.2 cm³/mol. The molecule has 0 aliphatic carbocycles. The zero-order valence-electron chi connectivity index (χ0n) is 11.8. The Balaban J connectivity index is 2.92. The molecule has 1 aromatic heterocycles. The Morgan fingerprint density at radius 1 is 1.40 bits per heavy atom. The van der Waals surface area contributed by atoms with Crippen LogP contribution in [0.4, 0.5) is 0 Å². The molecule has 0 aromatic carbocycles. The Hall–Kier alpha value is -1.51. The molecular formula is C12H20N4O3S. The summed E-state index contributed by atoms with van der Waals surface area (Å²) in [5.41, 5.74) is 5.73. The van der Waals surface area contributed by atoms with Gasteiger partial charge < -0.3 is 11.1 Å². The van der Waals surface area contributed by atoms with Crippen LogP contribution in [0, 0.1) is 0 Å². The molecule has 20 heavy (non-hydrogen) atoms. The van der Waals surface area contributed by atoms with Crippen molar-refractivity contribution in [2.45, 2.75) is 44.3 Å². The average Bonchev–Trinajstić information content (AvgIpc) is 2.37. The number of sulfonamides is 1. The lowest BCUT2D eigenvalue weighted by atomic mass is 10.3. The van der Waals surface area contributed by atoms with Gasteiger partial charge in [0.25, 0.3) is 0 Å². The number of hydrogen-bond acceptors (Lipinski definition) is 5. The van der Waals surface area contributed by atoms with Gasteiger partial charge in [0.1, 0.15) is 4.90 Å². The van der Waals surface area contributed by atoms with E-state index >= 15 is 0 Å². The molecule has 1 amide bonds. The number of amides is 1. The standard InChI is InChI=1S/C12H20N4O3S/c1-8(2)15-12(17)9(3)16-20(18,19)11-5-4-6-14-10(11)7-13/h4-6,8-9,16H,7,13H2,1-3H3,(H,15,17). The lowest BCUT2D eigenvalue weighted by Crippen LogP contribution is -2.46. The highest BCUT2D eigenvalue weighted by molar-refractivity contribution is 7.89. The molecule has 8 heteroatoms. The zero-order chi connectivity index (χ0) is 15.3. The number of aromatic nitrogens is 1. The lowest BCUT2D eigenvalue weighted by Gasteiger charge is -2.17. The number of carbonyl (C=O) groups excluding carboxylic acids is 1. The van der Waals surface area contributed by atoms with Gasteiger partial charge in [-0.25, -0.2) is 8.42 Å². The molecule has 0 bridgehead atoms. The molecule has 4 N–H and O–H groups in total. The smallest absolute Gasteiger partial charge is 0.243 e. The van der Waals surface area contributed by atoms with Gasteiger partial charge >= 0.3 is 0 Å². The van der Waals surface area contributed by atoms with E-state index in [0.29, 0.717) is 0 Å². The number of nitrogens with one attached hydrogen (secondary N) is 2. The van der Waals surface area contributed by atoms with Crippen LogP contribution in [0.25, 0.3) is 0 Å². The molecule has 1 aromatic rings. The highest BCUT2D eigenvalue weighted by Gasteiger charge is 2.24. The van der Waals surface area contributed by atoms with E-state index in [-0.39, 0.29) is 29.1 Å². The van der Waals surface area contributed by atoms with Crippen LogP contribution in [0.2, 0.25) is 0 Å². The van der Waals surface area contributed by atoms with E-state index < -0.39 is 16.1 Å². The fourth-order valence-electron chi connectivity index (χ4n) is 1.58. The molecule has 1 atom stereocenters.